The zero-order valence-corrected chi connectivity index (χ0v) is 10.7. The van der Waals surface area contributed by atoms with E-state index in [1.165, 1.54) is 12.1 Å². The minimum absolute atomic E-state index is 0.119. The van der Waals surface area contributed by atoms with Gasteiger partial charge in [0.05, 0.1) is 0 Å². The highest BCUT2D eigenvalue weighted by Gasteiger charge is 2.18. The highest BCUT2D eigenvalue weighted by molar-refractivity contribution is 5.95. The van der Waals surface area contributed by atoms with Gasteiger partial charge in [-0.2, -0.15) is 0 Å². The van der Waals surface area contributed by atoms with Gasteiger partial charge in [-0.1, -0.05) is 6.92 Å². The molecule has 1 aromatic carbocycles. The van der Waals surface area contributed by atoms with Crippen molar-refractivity contribution in [2.75, 3.05) is 12.8 Å². The SMILES string of the molecule is CCC(C)N(C)C(=O)c1cc(N)c(C)c(F)c1. The lowest BCUT2D eigenvalue weighted by molar-refractivity contribution is 0.0740. The van der Waals surface area contributed by atoms with Crippen LogP contribution in [0, 0.1) is 12.7 Å². The first-order valence-corrected chi connectivity index (χ1v) is 5.71. The minimum atomic E-state index is -0.439. The van der Waals surface area contributed by atoms with Crippen LogP contribution in [0.3, 0.4) is 0 Å². The second-order valence-corrected chi connectivity index (χ2v) is 4.35. The van der Waals surface area contributed by atoms with Crippen LogP contribution >= 0.6 is 0 Å². The van der Waals surface area contributed by atoms with E-state index in [2.05, 4.69) is 0 Å². The number of halogens is 1. The molecule has 94 valence electrons. The Morgan fingerprint density at radius 2 is 2.12 bits per heavy atom. The molecule has 1 aromatic rings. The Kier molecular flexibility index (Phi) is 4.10. The van der Waals surface area contributed by atoms with Crippen molar-refractivity contribution in [2.24, 2.45) is 0 Å². The van der Waals surface area contributed by atoms with E-state index in [9.17, 15) is 9.18 Å². The summed E-state index contributed by atoms with van der Waals surface area (Å²) < 4.78 is 13.5. The summed E-state index contributed by atoms with van der Waals surface area (Å²) in [7, 11) is 1.71. The van der Waals surface area contributed by atoms with Crippen LogP contribution in [0.25, 0.3) is 0 Å². The van der Waals surface area contributed by atoms with E-state index in [1.807, 2.05) is 13.8 Å². The highest BCUT2D eigenvalue weighted by Crippen LogP contribution is 2.19. The van der Waals surface area contributed by atoms with Gasteiger partial charge in [-0.25, -0.2) is 4.39 Å². The Labute approximate surface area is 101 Å². The van der Waals surface area contributed by atoms with Gasteiger partial charge in [-0.15, -0.1) is 0 Å². The summed E-state index contributed by atoms with van der Waals surface area (Å²) in [6, 6.07) is 2.89. The van der Waals surface area contributed by atoms with E-state index < -0.39 is 5.82 Å². The van der Waals surface area contributed by atoms with E-state index in [4.69, 9.17) is 5.73 Å². The quantitative estimate of drug-likeness (QED) is 0.823. The second-order valence-electron chi connectivity index (χ2n) is 4.35. The first-order valence-electron chi connectivity index (χ1n) is 5.71. The average molecular weight is 238 g/mol. The fraction of sp³-hybridized carbons (Fsp3) is 0.462. The number of nitrogens with two attached hydrogens (primary N) is 1. The van der Waals surface area contributed by atoms with Crippen LogP contribution in [0.5, 0.6) is 0 Å². The number of benzene rings is 1. The van der Waals surface area contributed by atoms with Crippen LogP contribution in [0.15, 0.2) is 12.1 Å². The van der Waals surface area contributed by atoms with Crippen LogP contribution in [0.4, 0.5) is 10.1 Å². The van der Waals surface area contributed by atoms with Crippen molar-refractivity contribution in [1.82, 2.24) is 4.90 Å². The summed E-state index contributed by atoms with van der Waals surface area (Å²) in [5.41, 5.74) is 6.65. The predicted octanol–water partition coefficient (Wildman–Crippen LogP) is 2.59. The van der Waals surface area contributed by atoms with Crippen molar-refractivity contribution < 1.29 is 9.18 Å². The van der Waals surface area contributed by atoms with Crippen molar-refractivity contribution in [3.8, 4) is 0 Å². The topological polar surface area (TPSA) is 46.3 Å². The third-order valence-electron chi connectivity index (χ3n) is 3.20. The zero-order chi connectivity index (χ0) is 13.2. The molecule has 1 atom stereocenters. The molecule has 1 unspecified atom stereocenters. The van der Waals surface area contributed by atoms with Gasteiger partial charge in [0.2, 0.25) is 0 Å². The summed E-state index contributed by atoms with van der Waals surface area (Å²) in [6.45, 7) is 5.54. The number of carbonyl (C=O) groups is 1. The molecule has 4 heteroatoms. The molecule has 1 rings (SSSR count). The van der Waals surface area contributed by atoms with Crippen LogP contribution < -0.4 is 5.73 Å². The number of anilines is 1. The predicted molar refractivity (Wildman–Crippen MR) is 67.4 cm³/mol. The minimum Gasteiger partial charge on any atom is -0.398 e. The molecule has 3 nitrogen and oxygen atoms in total. The first kappa shape index (κ1) is 13.5. The standard InChI is InChI=1S/C13H19FN2O/c1-5-8(2)16(4)13(17)10-6-11(14)9(3)12(15)7-10/h6-8H,5,15H2,1-4H3. The van der Waals surface area contributed by atoms with Crippen LogP contribution in [-0.4, -0.2) is 23.9 Å². The third kappa shape index (κ3) is 2.75. The fourth-order valence-corrected chi connectivity index (χ4v) is 1.50. The molecule has 0 heterocycles. The van der Waals surface area contributed by atoms with Crippen molar-refractivity contribution in [3.05, 3.63) is 29.1 Å². The number of hydrogen-bond donors (Lipinski definition) is 1. The smallest absolute Gasteiger partial charge is 0.254 e. The molecule has 0 radical (unpaired) electrons. The number of hydrogen-bond acceptors (Lipinski definition) is 2. The molecule has 0 fully saturated rings. The Balaban J connectivity index is 3.05. The molecule has 1 amide bonds. The third-order valence-corrected chi connectivity index (χ3v) is 3.20. The summed E-state index contributed by atoms with van der Waals surface area (Å²) >= 11 is 0. The van der Waals surface area contributed by atoms with Crippen molar-refractivity contribution in [2.45, 2.75) is 33.2 Å². The lowest BCUT2D eigenvalue weighted by Crippen LogP contribution is -2.34. The summed E-state index contributed by atoms with van der Waals surface area (Å²) in [6.07, 6.45) is 0.853. The van der Waals surface area contributed by atoms with Crippen LogP contribution in [0.2, 0.25) is 0 Å². The van der Waals surface area contributed by atoms with Crippen molar-refractivity contribution >= 4 is 11.6 Å². The molecule has 0 aliphatic rings. The van der Waals surface area contributed by atoms with Crippen molar-refractivity contribution in [3.63, 3.8) is 0 Å². The lowest BCUT2D eigenvalue weighted by atomic mass is 10.1. The van der Waals surface area contributed by atoms with Gasteiger partial charge in [-0.05, 0) is 32.4 Å². The van der Waals surface area contributed by atoms with Gasteiger partial charge < -0.3 is 10.6 Å². The van der Waals surface area contributed by atoms with Crippen LogP contribution in [0.1, 0.15) is 36.2 Å². The van der Waals surface area contributed by atoms with Gasteiger partial charge in [0.25, 0.3) is 5.91 Å². The molecule has 0 aliphatic heterocycles. The highest BCUT2D eigenvalue weighted by atomic mass is 19.1. The van der Waals surface area contributed by atoms with Gasteiger partial charge in [0.1, 0.15) is 5.82 Å². The zero-order valence-electron chi connectivity index (χ0n) is 10.7. The first-order chi connectivity index (χ1) is 7.88. The molecule has 0 saturated heterocycles. The molecule has 0 bridgehead atoms. The van der Waals surface area contributed by atoms with Gasteiger partial charge in [0.15, 0.2) is 0 Å². The Bertz CT molecular complexity index is 408. The maximum atomic E-state index is 13.5. The van der Waals surface area contributed by atoms with E-state index in [0.717, 1.165) is 6.42 Å². The summed E-state index contributed by atoms with van der Waals surface area (Å²) in [4.78, 5) is 13.7. The van der Waals surface area contributed by atoms with E-state index >= 15 is 0 Å². The van der Waals surface area contributed by atoms with Crippen molar-refractivity contribution in [1.29, 1.82) is 0 Å². The molecule has 0 saturated carbocycles. The largest absolute Gasteiger partial charge is 0.398 e. The van der Waals surface area contributed by atoms with Gasteiger partial charge in [0, 0.05) is 29.9 Å². The Morgan fingerprint density at radius 1 is 1.53 bits per heavy atom. The number of nitrogens with zero attached hydrogens (tertiary/aromatic N) is 1. The van der Waals surface area contributed by atoms with E-state index in [1.54, 1.807) is 18.9 Å². The molecule has 0 aromatic heterocycles. The lowest BCUT2D eigenvalue weighted by Gasteiger charge is -2.24. The maximum Gasteiger partial charge on any atom is 0.254 e. The Hall–Kier alpha value is -1.58. The number of amides is 1. The maximum absolute atomic E-state index is 13.5. The molecule has 2 N–H and O–H groups in total. The van der Waals surface area contributed by atoms with Gasteiger partial charge >= 0.3 is 0 Å². The fourth-order valence-electron chi connectivity index (χ4n) is 1.50. The van der Waals surface area contributed by atoms with E-state index in [0.29, 0.717) is 16.8 Å². The average Bonchev–Trinajstić information content (AvgIpc) is 2.32. The number of rotatable bonds is 3. The monoisotopic (exact) mass is 238 g/mol. The second kappa shape index (κ2) is 5.17. The van der Waals surface area contributed by atoms with Crippen LogP contribution in [-0.2, 0) is 0 Å². The summed E-state index contributed by atoms with van der Waals surface area (Å²) in [5, 5.41) is 0. The number of carbonyl (C=O) groups excluding carboxylic acids is 1. The number of nitrogen functional groups attached to an aromatic ring is 1. The molecular weight excluding hydrogens is 219 g/mol. The molecule has 0 spiro atoms. The molecular formula is C13H19FN2O. The summed E-state index contributed by atoms with van der Waals surface area (Å²) in [5.74, 6) is -0.643. The normalized spacial score (nSPS) is 12.3. The Morgan fingerprint density at radius 3 is 2.59 bits per heavy atom. The molecule has 17 heavy (non-hydrogen) atoms. The molecule has 0 aliphatic carbocycles. The van der Waals surface area contributed by atoms with Gasteiger partial charge in [-0.3, -0.25) is 4.79 Å². The van der Waals surface area contributed by atoms with E-state index in [-0.39, 0.29) is 11.9 Å².